The molecule has 18 heavy (non-hydrogen) atoms. The van der Waals surface area contributed by atoms with Crippen LogP contribution in [0.5, 0.6) is 0 Å². The molecule has 0 aliphatic carbocycles. The van der Waals surface area contributed by atoms with Crippen LogP contribution in [0.3, 0.4) is 0 Å². The molecular weight excluding hydrogens is 226 g/mol. The Balaban J connectivity index is 2.07. The third-order valence-corrected chi connectivity index (χ3v) is 3.36. The predicted octanol–water partition coefficient (Wildman–Crippen LogP) is 1.13. The fraction of sp³-hybridized carbons (Fsp3) is 0.429. The van der Waals surface area contributed by atoms with Crippen LogP contribution in [0.25, 0.3) is 0 Å². The van der Waals surface area contributed by atoms with Crippen LogP contribution in [0.1, 0.15) is 16.8 Å². The fourth-order valence-corrected chi connectivity index (χ4v) is 2.39. The van der Waals surface area contributed by atoms with Gasteiger partial charge in [-0.25, -0.2) is 0 Å². The van der Waals surface area contributed by atoms with Crippen LogP contribution in [0, 0.1) is 6.92 Å². The molecule has 0 spiro atoms. The number of rotatable bonds is 4. The lowest BCUT2D eigenvalue weighted by atomic mass is 10.1. The zero-order chi connectivity index (χ0) is 13.0. The number of anilines is 1. The van der Waals surface area contributed by atoms with Gasteiger partial charge in [-0.3, -0.25) is 9.69 Å². The summed E-state index contributed by atoms with van der Waals surface area (Å²) < 4.78 is 0. The van der Waals surface area contributed by atoms with Crippen molar-refractivity contribution in [3.63, 3.8) is 0 Å². The van der Waals surface area contributed by atoms with E-state index in [9.17, 15) is 4.79 Å². The second-order valence-electron chi connectivity index (χ2n) is 4.56. The Kier molecular flexibility index (Phi) is 4.20. The molecule has 1 heterocycles. The molecule has 0 saturated carbocycles. The van der Waals surface area contributed by atoms with Crippen LogP contribution < -0.4 is 10.6 Å². The number of carbonyl (C=O) groups excluding carboxylic acids is 1. The van der Waals surface area contributed by atoms with Gasteiger partial charge in [0.05, 0.1) is 5.56 Å². The highest BCUT2D eigenvalue weighted by atomic mass is 16.1. The highest BCUT2D eigenvalue weighted by Gasteiger charge is 2.19. The first kappa shape index (κ1) is 12.9. The van der Waals surface area contributed by atoms with Crippen LogP contribution in [-0.4, -0.2) is 43.5 Å². The highest BCUT2D eigenvalue weighted by molar-refractivity contribution is 5.98. The minimum Gasteiger partial charge on any atom is -0.368 e. The Bertz CT molecular complexity index is 411. The Labute approximate surface area is 108 Å². The summed E-state index contributed by atoms with van der Waals surface area (Å²) in [4.78, 5) is 16.0. The van der Waals surface area contributed by atoms with Crippen molar-refractivity contribution in [1.82, 2.24) is 4.90 Å². The quantitative estimate of drug-likeness (QED) is 0.866. The fourth-order valence-electron chi connectivity index (χ4n) is 2.39. The standard InChI is InChI=1S/C14H20N3O/c1-2-7-16-8-10-17(11-9-16)13-6-4-3-5-12(13)14(15)18/h3-6H,1-2,7-11H2,(H2,15,18). The predicted molar refractivity (Wildman–Crippen MR) is 73.6 cm³/mol. The van der Waals surface area contributed by atoms with Crippen LogP contribution in [0.2, 0.25) is 0 Å². The van der Waals surface area contributed by atoms with Crippen LogP contribution in [0.15, 0.2) is 24.3 Å². The van der Waals surface area contributed by atoms with Gasteiger partial charge in [0.1, 0.15) is 0 Å². The monoisotopic (exact) mass is 246 g/mol. The van der Waals surface area contributed by atoms with Gasteiger partial charge in [-0.15, -0.1) is 0 Å². The minimum atomic E-state index is -0.356. The van der Waals surface area contributed by atoms with E-state index in [-0.39, 0.29) is 5.91 Å². The Morgan fingerprint density at radius 1 is 1.22 bits per heavy atom. The number of primary amides is 1. The zero-order valence-corrected chi connectivity index (χ0v) is 10.6. The number of piperazine rings is 1. The lowest BCUT2D eigenvalue weighted by Crippen LogP contribution is -2.47. The van der Waals surface area contributed by atoms with E-state index in [0.717, 1.165) is 44.8 Å². The molecule has 0 aromatic heterocycles. The summed E-state index contributed by atoms with van der Waals surface area (Å²) >= 11 is 0. The number of para-hydroxylation sites is 1. The van der Waals surface area contributed by atoms with Gasteiger partial charge in [0.15, 0.2) is 0 Å². The smallest absolute Gasteiger partial charge is 0.250 e. The summed E-state index contributed by atoms with van der Waals surface area (Å²) in [6.07, 6.45) is 0.942. The van der Waals surface area contributed by atoms with Gasteiger partial charge in [0, 0.05) is 31.9 Å². The molecule has 1 aliphatic heterocycles. The molecule has 1 aliphatic rings. The molecule has 0 atom stereocenters. The maximum Gasteiger partial charge on any atom is 0.250 e. The number of nitrogens with zero attached hydrogens (tertiary/aromatic N) is 2. The highest BCUT2D eigenvalue weighted by Crippen LogP contribution is 2.21. The number of hydrogen-bond donors (Lipinski definition) is 1. The van der Waals surface area contributed by atoms with E-state index in [2.05, 4.69) is 16.7 Å². The number of amides is 1. The number of benzene rings is 1. The first-order valence-corrected chi connectivity index (χ1v) is 6.37. The minimum absolute atomic E-state index is 0.356. The Hall–Kier alpha value is -1.55. The van der Waals surface area contributed by atoms with Crippen molar-refractivity contribution in [2.75, 3.05) is 37.6 Å². The summed E-state index contributed by atoms with van der Waals surface area (Å²) in [5, 5.41) is 0. The van der Waals surface area contributed by atoms with Gasteiger partial charge in [-0.1, -0.05) is 19.1 Å². The van der Waals surface area contributed by atoms with E-state index in [1.807, 2.05) is 18.2 Å². The summed E-state index contributed by atoms with van der Waals surface area (Å²) in [6.45, 7) is 8.83. The molecule has 2 N–H and O–H groups in total. The van der Waals surface area contributed by atoms with E-state index in [1.165, 1.54) is 0 Å². The van der Waals surface area contributed by atoms with Crippen molar-refractivity contribution in [3.8, 4) is 0 Å². The van der Waals surface area contributed by atoms with Crippen molar-refractivity contribution in [2.24, 2.45) is 5.73 Å². The summed E-state index contributed by atoms with van der Waals surface area (Å²) in [7, 11) is 0. The molecule has 0 bridgehead atoms. The molecule has 1 saturated heterocycles. The lowest BCUT2D eigenvalue weighted by molar-refractivity contribution is 0.100. The Morgan fingerprint density at radius 2 is 1.89 bits per heavy atom. The lowest BCUT2D eigenvalue weighted by Gasteiger charge is -2.36. The molecule has 4 heteroatoms. The second kappa shape index (κ2) is 5.87. The third kappa shape index (κ3) is 2.82. The topological polar surface area (TPSA) is 49.6 Å². The van der Waals surface area contributed by atoms with Gasteiger partial charge >= 0.3 is 0 Å². The average Bonchev–Trinajstić information content (AvgIpc) is 2.40. The maximum atomic E-state index is 11.4. The number of nitrogens with two attached hydrogens (primary N) is 1. The van der Waals surface area contributed by atoms with Gasteiger partial charge in [-0.2, -0.15) is 0 Å². The zero-order valence-electron chi connectivity index (χ0n) is 10.6. The van der Waals surface area contributed by atoms with Crippen molar-refractivity contribution < 1.29 is 4.79 Å². The molecule has 1 amide bonds. The normalized spacial score (nSPS) is 16.8. The number of hydrogen-bond acceptors (Lipinski definition) is 3. The molecule has 1 radical (unpaired) electrons. The van der Waals surface area contributed by atoms with Crippen molar-refractivity contribution in [1.29, 1.82) is 0 Å². The molecule has 97 valence electrons. The van der Waals surface area contributed by atoms with Crippen LogP contribution in [0.4, 0.5) is 5.69 Å². The van der Waals surface area contributed by atoms with Crippen molar-refractivity contribution in [3.05, 3.63) is 36.8 Å². The van der Waals surface area contributed by atoms with Gasteiger partial charge in [0.25, 0.3) is 5.91 Å². The SMILES string of the molecule is [CH2]CCN1CCN(c2ccccc2C(N)=O)CC1. The van der Waals surface area contributed by atoms with E-state index in [0.29, 0.717) is 5.56 Å². The third-order valence-electron chi connectivity index (χ3n) is 3.36. The van der Waals surface area contributed by atoms with E-state index >= 15 is 0 Å². The van der Waals surface area contributed by atoms with E-state index < -0.39 is 0 Å². The van der Waals surface area contributed by atoms with Crippen molar-refractivity contribution >= 4 is 11.6 Å². The molecule has 1 fully saturated rings. The van der Waals surface area contributed by atoms with E-state index in [1.54, 1.807) is 6.07 Å². The molecule has 0 unspecified atom stereocenters. The summed E-state index contributed by atoms with van der Waals surface area (Å²) in [5.74, 6) is -0.356. The van der Waals surface area contributed by atoms with E-state index in [4.69, 9.17) is 5.73 Å². The molecule has 1 aromatic rings. The maximum absolute atomic E-state index is 11.4. The summed E-state index contributed by atoms with van der Waals surface area (Å²) in [5.41, 5.74) is 6.98. The van der Waals surface area contributed by atoms with Gasteiger partial charge in [0.2, 0.25) is 0 Å². The first-order chi connectivity index (χ1) is 8.72. The Morgan fingerprint density at radius 3 is 2.50 bits per heavy atom. The van der Waals surface area contributed by atoms with Crippen LogP contribution >= 0.6 is 0 Å². The molecular formula is C14H20N3O. The summed E-state index contributed by atoms with van der Waals surface area (Å²) in [6, 6.07) is 7.56. The average molecular weight is 246 g/mol. The molecule has 2 rings (SSSR count). The van der Waals surface area contributed by atoms with Gasteiger partial charge < -0.3 is 10.6 Å². The second-order valence-corrected chi connectivity index (χ2v) is 4.56. The molecule has 1 aromatic carbocycles. The number of carbonyl (C=O) groups is 1. The van der Waals surface area contributed by atoms with Gasteiger partial charge in [-0.05, 0) is 25.1 Å². The molecule has 4 nitrogen and oxygen atoms in total. The van der Waals surface area contributed by atoms with Crippen molar-refractivity contribution in [2.45, 2.75) is 6.42 Å². The largest absolute Gasteiger partial charge is 0.368 e. The van der Waals surface area contributed by atoms with Crippen LogP contribution in [-0.2, 0) is 0 Å². The first-order valence-electron chi connectivity index (χ1n) is 6.37.